The zero-order chi connectivity index (χ0) is 11.6. The number of piperazine rings is 1. The van der Waals surface area contributed by atoms with E-state index in [2.05, 4.69) is 30.7 Å². The molecule has 1 fully saturated rings. The van der Waals surface area contributed by atoms with Crippen LogP contribution in [-0.4, -0.2) is 49.1 Å². The van der Waals surface area contributed by atoms with E-state index >= 15 is 0 Å². The molecule has 0 aliphatic carbocycles. The summed E-state index contributed by atoms with van der Waals surface area (Å²) in [7, 11) is 2.20. The number of hydrogen-bond acceptors (Lipinski definition) is 2. The van der Waals surface area contributed by atoms with Gasteiger partial charge in [-0.05, 0) is 20.5 Å². The molecule has 2 nitrogen and oxygen atoms in total. The van der Waals surface area contributed by atoms with E-state index in [1.165, 1.54) is 26.2 Å². The molecule has 0 N–H and O–H groups in total. The van der Waals surface area contributed by atoms with Crippen molar-refractivity contribution in [3.05, 3.63) is 0 Å². The van der Waals surface area contributed by atoms with Crippen molar-refractivity contribution in [2.45, 2.75) is 47.6 Å². The van der Waals surface area contributed by atoms with Gasteiger partial charge in [0.1, 0.15) is 0 Å². The summed E-state index contributed by atoms with van der Waals surface area (Å²) in [6.07, 6.45) is 0. The molecule has 1 saturated heterocycles. The fourth-order valence-electron chi connectivity index (χ4n) is 1.65. The molecule has 14 heavy (non-hydrogen) atoms. The van der Waals surface area contributed by atoms with E-state index < -0.39 is 0 Å². The molecule has 2 heteroatoms. The Morgan fingerprint density at radius 1 is 1.07 bits per heavy atom. The van der Waals surface area contributed by atoms with Crippen LogP contribution in [0.15, 0.2) is 0 Å². The summed E-state index contributed by atoms with van der Waals surface area (Å²) in [6.45, 7) is 17.5. The van der Waals surface area contributed by atoms with Crippen molar-refractivity contribution in [1.82, 2.24) is 9.80 Å². The Balaban J connectivity index is 0. The van der Waals surface area contributed by atoms with E-state index in [0.29, 0.717) is 0 Å². The van der Waals surface area contributed by atoms with Gasteiger partial charge in [0.05, 0.1) is 0 Å². The number of likely N-dealkylation sites (N-methyl/N-ethyl adjacent to an activating group) is 2. The van der Waals surface area contributed by atoms with Crippen molar-refractivity contribution in [3.63, 3.8) is 0 Å². The maximum Gasteiger partial charge on any atom is 0.0195 e. The topological polar surface area (TPSA) is 6.48 Å². The van der Waals surface area contributed by atoms with Gasteiger partial charge in [0.15, 0.2) is 0 Å². The first-order chi connectivity index (χ1) is 6.74. The molecular weight excluding hydrogens is 172 g/mol. The van der Waals surface area contributed by atoms with Crippen LogP contribution in [0.5, 0.6) is 0 Å². The van der Waals surface area contributed by atoms with Crippen molar-refractivity contribution >= 4 is 0 Å². The van der Waals surface area contributed by atoms with E-state index in [4.69, 9.17) is 0 Å². The van der Waals surface area contributed by atoms with E-state index in [1.54, 1.807) is 0 Å². The zero-order valence-corrected chi connectivity index (χ0v) is 11.3. The third-order valence-electron chi connectivity index (χ3n) is 2.37. The number of hydrogen-bond donors (Lipinski definition) is 0. The molecule has 1 unspecified atom stereocenters. The summed E-state index contributed by atoms with van der Waals surface area (Å²) in [5.41, 5.74) is 0. The van der Waals surface area contributed by atoms with Gasteiger partial charge in [-0.15, -0.1) is 0 Å². The first-order valence-corrected chi connectivity index (χ1v) is 6.16. The Morgan fingerprint density at radius 3 is 1.93 bits per heavy atom. The third kappa shape index (κ3) is 6.39. The Morgan fingerprint density at radius 2 is 1.57 bits per heavy atom. The highest BCUT2D eigenvalue weighted by Crippen LogP contribution is 2.05. The Labute approximate surface area is 91.3 Å². The van der Waals surface area contributed by atoms with Crippen LogP contribution in [0.4, 0.5) is 0 Å². The fourth-order valence-corrected chi connectivity index (χ4v) is 1.65. The molecule has 0 aromatic rings. The summed E-state index contributed by atoms with van der Waals surface area (Å²) < 4.78 is 0. The van der Waals surface area contributed by atoms with Crippen molar-refractivity contribution < 1.29 is 0 Å². The molecule has 1 aliphatic rings. The first-order valence-electron chi connectivity index (χ1n) is 6.16. The van der Waals surface area contributed by atoms with Gasteiger partial charge in [0.2, 0.25) is 0 Å². The molecule has 0 aromatic carbocycles. The van der Waals surface area contributed by atoms with Crippen molar-refractivity contribution in [3.8, 4) is 0 Å². The molecule has 0 radical (unpaired) electrons. The molecule has 1 atom stereocenters. The number of nitrogens with zero attached hydrogens (tertiary/aromatic N) is 2. The smallest absolute Gasteiger partial charge is 0.0195 e. The average Bonchev–Trinajstić information content (AvgIpc) is 2.24. The minimum Gasteiger partial charge on any atom is -0.304 e. The second kappa shape index (κ2) is 11.0. The van der Waals surface area contributed by atoms with Gasteiger partial charge in [-0.3, -0.25) is 4.90 Å². The van der Waals surface area contributed by atoms with E-state index in [-0.39, 0.29) is 0 Å². The van der Waals surface area contributed by atoms with Crippen LogP contribution in [-0.2, 0) is 0 Å². The molecule has 0 saturated carbocycles. The summed E-state index contributed by atoms with van der Waals surface area (Å²) in [5, 5.41) is 0. The first kappa shape index (κ1) is 16.4. The third-order valence-corrected chi connectivity index (χ3v) is 2.37. The maximum atomic E-state index is 2.53. The minimum atomic E-state index is 0.753. The zero-order valence-electron chi connectivity index (χ0n) is 11.3. The molecule has 88 valence electrons. The van der Waals surface area contributed by atoms with E-state index in [9.17, 15) is 0 Å². The molecule has 1 heterocycles. The maximum absolute atomic E-state index is 2.53. The highest BCUT2D eigenvalue weighted by atomic mass is 15.3. The molecule has 0 amide bonds. The lowest BCUT2D eigenvalue weighted by molar-refractivity contribution is 0.106. The predicted molar refractivity (Wildman–Crippen MR) is 66.9 cm³/mol. The molecule has 1 rings (SSSR count). The van der Waals surface area contributed by atoms with Crippen molar-refractivity contribution in [1.29, 1.82) is 0 Å². The van der Waals surface area contributed by atoms with Crippen LogP contribution >= 0.6 is 0 Å². The van der Waals surface area contributed by atoms with Gasteiger partial charge in [-0.25, -0.2) is 0 Å². The van der Waals surface area contributed by atoms with Gasteiger partial charge in [-0.1, -0.05) is 34.6 Å². The lowest BCUT2D eigenvalue weighted by Crippen LogP contribution is -2.50. The molecule has 0 spiro atoms. The average molecular weight is 202 g/mol. The lowest BCUT2D eigenvalue weighted by Gasteiger charge is -2.37. The summed E-state index contributed by atoms with van der Waals surface area (Å²) >= 11 is 0. The van der Waals surface area contributed by atoms with Crippen LogP contribution < -0.4 is 0 Å². The normalized spacial score (nSPS) is 22.9. The largest absolute Gasteiger partial charge is 0.304 e. The second-order valence-corrected chi connectivity index (χ2v) is 3.24. The standard InChI is InChI=1S/C8H18N2.2C2H6/c1-4-10-6-5-9(3)7-8(10)2;2*1-2/h8H,4-7H2,1-3H3;2*1-2H3. The second-order valence-electron chi connectivity index (χ2n) is 3.24. The minimum absolute atomic E-state index is 0.753. The van der Waals surface area contributed by atoms with Crippen molar-refractivity contribution in [2.75, 3.05) is 33.2 Å². The van der Waals surface area contributed by atoms with Crippen molar-refractivity contribution in [2.24, 2.45) is 0 Å². The van der Waals surface area contributed by atoms with Crippen LogP contribution in [0.3, 0.4) is 0 Å². The molecule has 0 aromatic heterocycles. The van der Waals surface area contributed by atoms with E-state index in [0.717, 1.165) is 6.04 Å². The van der Waals surface area contributed by atoms with Gasteiger partial charge in [0, 0.05) is 25.7 Å². The highest BCUT2D eigenvalue weighted by molar-refractivity contribution is 4.75. The van der Waals surface area contributed by atoms with E-state index in [1.807, 2.05) is 27.7 Å². The van der Waals surface area contributed by atoms with Gasteiger partial charge in [-0.2, -0.15) is 0 Å². The molecular formula is C12H30N2. The summed E-state index contributed by atoms with van der Waals surface area (Å²) in [4.78, 5) is 4.93. The monoisotopic (exact) mass is 202 g/mol. The Hall–Kier alpha value is -0.0800. The van der Waals surface area contributed by atoms with Crippen LogP contribution in [0, 0.1) is 0 Å². The van der Waals surface area contributed by atoms with Gasteiger partial charge in [0.25, 0.3) is 0 Å². The number of rotatable bonds is 1. The lowest BCUT2D eigenvalue weighted by atomic mass is 10.2. The van der Waals surface area contributed by atoms with Crippen LogP contribution in [0.1, 0.15) is 41.5 Å². The predicted octanol–water partition coefficient (Wildman–Crippen LogP) is 2.69. The van der Waals surface area contributed by atoms with Gasteiger partial charge >= 0.3 is 0 Å². The Kier molecular flexibility index (Phi) is 12.8. The summed E-state index contributed by atoms with van der Waals surface area (Å²) in [5.74, 6) is 0. The molecule has 0 bridgehead atoms. The highest BCUT2D eigenvalue weighted by Gasteiger charge is 2.18. The van der Waals surface area contributed by atoms with Crippen LogP contribution in [0.2, 0.25) is 0 Å². The Bertz CT molecular complexity index is 104. The fraction of sp³-hybridized carbons (Fsp3) is 1.00. The SMILES string of the molecule is CC.CC.CCN1CCN(C)CC1C. The quantitative estimate of drug-likeness (QED) is 0.645. The molecule has 1 aliphatic heterocycles. The van der Waals surface area contributed by atoms with Gasteiger partial charge < -0.3 is 4.90 Å². The van der Waals surface area contributed by atoms with Crippen LogP contribution in [0.25, 0.3) is 0 Å². The summed E-state index contributed by atoms with van der Waals surface area (Å²) in [6, 6.07) is 0.753.